The maximum absolute atomic E-state index is 13.9. The zero-order valence-corrected chi connectivity index (χ0v) is 17.6. The zero-order valence-electron chi connectivity index (χ0n) is 16.0. The van der Waals surface area contributed by atoms with E-state index in [9.17, 15) is 14.3 Å². The van der Waals surface area contributed by atoms with Crippen LogP contribution in [0.4, 0.5) is 4.39 Å². The van der Waals surface area contributed by atoms with E-state index in [1.54, 1.807) is 18.2 Å². The van der Waals surface area contributed by atoms with Gasteiger partial charge in [0, 0.05) is 11.6 Å². The number of aromatic carboxylic acids is 1. The third-order valence-corrected chi connectivity index (χ3v) is 4.88. The van der Waals surface area contributed by atoms with Crippen molar-refractivity contribution in [3.8, 4) is 11.1 Å². The molecule has 0 aromatic heterocycles. The third-order valence-electron chi connectivity index (χ3n) is 4.65. The Labute approximate surface area is 185 Å². The average Bonchev–Trinajstić information content (AvgIpc) is 2.71. The number of nitrogens with one attached hydrogen (secondary N) is 1. The van der Waals surface area contributed by atoms with Gasteiger partial charge in [-0.2, -0.15) is 0 Å². The Kier molecular flexibility index (Phi) is 8.81. The minimum atomic E-state index is -1.28. The normalized spacial score (nSPS) is 11.6. The Bertz CT molecular complexity index is 996. The molecule has 1 atom stereocenters. The molecule has 0 fully saturated rings. The first-order valence-corrected chi connectivity index (χ1v) is 9.58. The number of carboxylic acids is 1. The van der Waals surface area contributed by atoms with Gasteiger partial charge in [0.05, 0.1) is 11.7 Å². The second-order valence-corrected chi connectivity index (χ2v) is 7.16. The van der Waals surface area contributed by atoms with E-state index in [-0.39, 0.29) is 18.0 Å². The quantitative estimate of drug-likeness (QED) is 0.416. The minimum absolute atomic E-state index is 0. The first-order chi connectivity index (χ1) is 13.9. The van der Waals surface area contributed by atoms with Crippen LogP contribution in [0.5, 0.6) is 0 Å². The van der Waals surface area contributed by atoms with Crippen molar-refractivity contribution in [2.24, 2.45) is 0 Å². The van der Waals surface area contributed by atoms with Gasteiger partial charge >= 0.3 is 5.97 Å². The molecule has 3 aromatic rings. The van der Waals surface area contributed by atoms with Gasteiger partial charge in [-0.05, 0) is 59.5 Å². The number of benzene rings is 3. The van der Waals surface area contributed by atoms with Gasteiger partial charge in [0.15, 0.2) is 0 Å². The molecule has 0 aliphatic rings. The largest absolute Gasteiger partial charge is 0.478 e. The van der Waals surface area contributed by atoms with Gasteiger partial charge in [-0.25, -0.2) is 9.18 Å². The summed E-state index contributed by atoms with van der Waals surface area (Å²) in [5.74, 6) is -2.03. The van der Waals surface area contributed by atoms with Gasteiger partial charge in [0.2, 0.25) is 0 Å². The summed E-state index contributed by atoms with van der Waals surface area (Å²) in [6.07, 6.45) is 0.147. The van der Waals surface area contributed by atoms with Gasteiger partial charge in [-0.15, -0.1) is 12.4 Å². The van der Waals surface area contributed by atoms with Crippen molar-refractivity contribution in [3.05, 3.63) is 94.3 Å². The maximum Gasteiger partial charge on any atom is 0.338 e. The molecule has 0 amide bonds. The maximum atomic E-state index is 13.9. The molecule has 0 spiro atoms. The molecule has 3 aromatic carbocycles. The molecule has 30 heavy (non-hydrogen) atoms. The number of hydrogen-bond donors (Lipinski definition) is 3. The molecular formula is C23H22Cl2FNO3. The van der Waals surface area contributed by atoms with E-state index >= 15 is 0 Å². The smallest absolute Gasteiger partial charge is 0.338 e. The highest BCUT2D eigenvalue weighted by molar-refractivity contribution is 6.30. The van der Waals surface area contributed by atoms with E-state index in [0.717, 1.165) is 23.1 Å². The van der Waals surface area contributed by atoms with Crippen molar-refractivity contribution in [1.82, 2.24) is 5.32 Å². The summed E-state index contributed by atoms with van der Waals surface area (Å²) in [7, 11) is 0. The lowest BCUT2D eigenvalue weighted by Crippen LogP contribution is -2.23. The van der Waals surface area contributed by atoms with Crippen molar-refractivity contribution >= 4 is 30.0 Å². The fourth-order valence-electron chi connectivity index (χ4n) is 3.04. The number of carboxylic acid groups (broad SMARTS) is 1. The molecule has 0 saturated carbocycles. The first-order valence-electron chi connectivity index (χ1n) is 9.20. The number of aliphatic hydroxyl groups is 1. The molecule has 0 aliphatic carbocycles. The lowest BCUT2D eigenvalue weighted by atomic mass is 10.0. The van der Waals surface area contributed by atoms with Crippen LogP contribution in [-0.4, -0.2) is 29.3 Å². The summed E-state index contributed by atoms with van der Waals surface area (Å²) in [5, 5.41) is 22.9. The van der Waals surface area contributed by atoms with Crippen molar-refractivity contribution in [1.29, 1.82) is 0 Å². The van der Waals surface area contributed by atoms with E-state index in [1.165, 1.54) is 12.1 Å². The molecular weight excluding hydrogens is 428 g/mol. The van der Waals surface area contributed by atoms with Crippen molar-refractivity contribution in [3.63, 3.8) is 0 Å². The second kappa shape index (κ2) is 11.1. The Hall–Kier alpha value is -2.44. The predicted octanol–water partition coefficient (Wildman–Crippen LogP) is 5.13. The number of halogens is 3. The highest BCUT2D eigenvalue weighted by Gasteiger charge is 2.11. The highest BCUT2D eigenvalue weighted by atomic mass is 35.5. The van der Waals surface area contributed by atoms with Gasteiger partial charge < -0.3 is 15.5 Å². The highest BCUT2D eigenvalue weighted by Crippen LogP contribution is 2.23. The van der Waals surface area contributed by atoms with Crippen LogP contribution in [0.25, 0.3) is 11.1 Å². The lowest BCUT2D eigenvalue weighted by Gasteiger charge is -2.12. The first kappa shape index (κ1) is 23.8. The summed E-state index contributed by atoms with van der Waals surface area (Å²) in [6, 6.07) is 18.9. The van der Waals surface area contributed by atoms with Crippen LogP contribution in [0, 0.1) is 5.82 Å². The number of rotatable bonds is 8. The fraction of sp³-hybridized carbons (Fsp3) is 0.174. The predicted molar refractivity (Wildman–Crippen MR) is 119 cm³/mol. The monoisotopic (exact) mass is 449 g/mol. The molecule has 7 heteroatoms. The van der Waals surface area contributed by atoms with Gasteiger partial charge in [-0.3, -0.25) is 0 Å². The van der Waals surface area contributed by atoms with Crippen LogP contribution in [0.1, 0.15) is 27.6 Å². The average molecular weight is 450 g/mol. The molecule has 0 heterocycles. The summed E-state index contributed by atoms with van der Waals surface area (Å²) >= 11 is 5.94. The van der Waals surface area contributed by atoms with E-state index in [2.05, 4.69) is 5.32 Å². The van der Waals surface area contributed by atoms with Gasteiger partial charge in [0.1, 0.15) is 5.82 Å². The van der Waals surface area contributed by atoms with Crippen LogP contribution in [0.15, 0.2) is 66.7 Å². The lowest BCUT2D eigenvalue weighted by molar-refractivity contribution is 0.0692. The molecule has 0 saturated heterocycles. The summed E-state index contributed by atoms with van der Waals surface area (Å²) < 4.78 is 13.9. The molecule has 158 valence electrons. The Morgan fingerprint density at radius 2 is 1.73 bits per heavy atom. The van der Waals surface area contributed by atoms with Crippen LogP contribution in [0.2, 0.25) is 5.02 Å². The van der Waals surface area contributed by atoms with Crippen LogP contribution in [0.3, 0.4) is 0 Å². The summed E-state index contributed by atoms with van der Waals surface area (Å²) in [5.41, 5.74) is 2.98. The fourth-order valence-corrected chi connectivity index (χ4v) is 3.23. The van der Waals surface area contributed by atoms with Crippen LogP contribution >= 0.6 is 24.0 Å². The number of hydrogen-bond acceptors (Lipinski definition) is 3. The molecule has 0 bridgehead atoms. The topological polar surface area (TPSA) is 69.6 Å². The van der Waals surface area contributed by atoms with E-state index in [0.29, 0.717) is 23.7 Å². The van der Waals surface area contributed by atoms with Gasteiger partial charge in [-0.1, -0.05) is 54.1 Å². The standard InChI is InChI=1S/C23H21ClFNO3.ClH/c24-19-3-1-2-18(12-19)22(27)14-26-11-10-15-4-6-16(7-5-15)17-8-9-20(23(28)29)21(25)13-17;/h1-9,12-13,22,26-27H,10-11,14H2,(H,28,29);1H/t22-;/m0./s1. The Morgan fingerprint density at radius 3 is 2.37 bits per heavy atom. The summed E-state index contributed by atoms with van der Waals surface area (Å²) in [6.45, 7) is 1.12. The molecule has 3 rings (SSSR count). The molecule has 4 nitrogen and oxygen atoms in total. The van der Waals surface area contributed by atoms with Crippen LogP contribution in [-0.2, 0) is 6.42 Å². The Balaban J connectivity index is 0.00000320. The SMILES string of the molecule is Cl.O=C(O)c1ccc(-c2ccc(CCNC[C@H](O)c3cccc(Cl)c3)cc2)cc1F. The molecule has 0 aliphatic heterocycles. The third kappa shape index (κ3) is 6.28. The molecule has 3 N–H and O–H groups in total. The van der Waals surface area contributed by atoms with E-state index < -0.39 is 17.9 Å². The van der Waals surface area contributed by atoms with Gasteiger partial charge in [0.25, 0.3) is 0 Å². The van der Waals surface area contributed by atoms with Crippen molar-refractivity contribution in [2.75, 3.05) is 13.1 Å². The second-order valence-electron chi connectivity index (χ2n) is 6.72. The van der Waals surface area contributed by atoms with Crippen molar-refractivity contribution in [2.45, 2.75) is 12.5 Å². The Morgan fingerprint density at radius 1 is 1.03 bits per heavy atom. The molecule has 0 unspecified atom stereocenters. The van der Waals surface area contributed by atoms with Crippen LogP contribution < -0.4 is 5.32 Å². The minimum Gasteiger partial charge on any atom is -0.478 e. The number of carbonyl (C=O) groups is 1. The van der Waals surface area contributed by atoms with E-state index in [1.807, 2.05) is 36.4 Å². The summed E-state index contributed by atoms with van der Waals surface area (Å²) in [4.78, 5) is 10.9. The number of aliphatic hydroxyl groups excluding tert-OH is 1. The van der Waals surface area contributed by atoms with Crippen molar-refractivity contribution < 1.29 is 19.4 Å². The van der Waals surface area contributed by atoms with E-state index in [4.69, 9.17) is 16.7 Å². The zero-order chi connectivity index (χ0) is 20.8. The molecule has 0 radical (unpaired) electrons.